The number of carbonyl (C=O) groups excluding carboxylic acids is 1. The molecule has 1 saturated heterocycles. The number of hydrogen-bond acceptors (Lipinski definition) is 6. The number of nitrogens with zero attached hydrogens (tertiary/aromatic N) is 1. The highest BCUT2D eigenvalue weighted by molar-refractivity contribution is 8.00. The zero-order chi connectivity index (χ0) is 18.1. The zero-order valence-electron chi connectivity index (χ0n) is 15.2. The first-order valence-corrected chi connectivity index (χ1v) is 9.48. The van der Waals surface area contributed by atoms with Gasteiger partial charge in [-0.05, 0) is 38.1 Å². The Bertz CT molecular complexity index is 550. The maximum Gasteiger partial charge on any atom is 0.233 e. The van der Waals surface area contributed by atoms with Crippen LogP contribution in [0.4, 0.5) is 0 Å². The van der Waals surface area contributed by atoms with Crippen LogP contribution < -0.4 is 14.8 Å². The molecule has 0 bridgehead atoms. The van der Waals surface area contributed by atoms with E-state index in [1.54, 1.807) is 14.2 Å². The Morgan fingerprint density at radius 3 is 2.68 bits per heavy atom. The van der Waals surface area contributed by atoms with E-state index in [0.717, 1.165) is 44.2 Å². The smallest absolute Gasteiger partial charge is 0.233 e. The highest BCUT2D eigenvalue weighted by atomic mass is 32.2. The van der Waals surface area contributed by atoms with Gasteiger partial charge in [0.2, 0.25) is 5.91 Å². The monoisotopic (exact) mass is 368 g/mol. The molecule has 1 aromatic carbocycles. The Hall–Kier alpha value is -1.44. The number of ether oxygens (including phenoxy) is 3. The second-order valence-electron chi connectivity index (χ2n) is 5.88. The molecular formula is C18H28N2O4S. The largest absolute Gasteiger partial charge is 0.493 e. The van der Waals surface area contributed by atoms with E-state index >= 15 is 0 Å². The first-order chi connectivity index (χ1) is 12.1. The molecule has 6 nitrogen and oxygen atoms in total. The van der Waals surface area contributed by atoms with Gasteiger partial charge in [-0.15, -0.1) is 11.8 Å². The van der Waals surface area contributed by atoms with Crippen LogP contribution >= 0.6 is 11.8 Å². The SMILES string of the molecule is COc1ccc(S[C@@H](C)C(=O)NCCCN2CCOCC2)cc1OC. The molecule has 0 aromatic heterocycles. The maximum absolute atomic E-state index is 12.3. The summed E-state index contributed by atoms with van der Waals surface area (Å²) in [7, 11) is 3.22. The fourth-order valence-corrected chi connectivity index (χ4v) is 3.55. The minimum atomic E-state index is -0.165. The fourth-order valence-electron chi connectivity index (χ4n) is 2.63. The summed E-state index contributed by atoms with van der Waals surface area (Å²) in [6, 6.07) is 5.69. The molecule has 140 valence electrons. The molecule has 1 aliphatic rings. The Labute approximate surface area is 154 Å². The van der Waals surface area contributed by atoms with Gasteiger partial charge in [-0.25, -0.2) is 0 Å². The summed E-state index contributed by atoms with van der Waals surface area (Å²) in [5.74, 6) is 1.42. The van der Waals surface area contributed by atoms with E-state index in [2.05, 4.69) is 10.2 Å². The quantitative estimate of drug-likeness (QED) is 0.532. The number of amides is 1. The lowest BCUT2D eigenvalue weighted by atomic mass is 10.3. The number of thioether (sulfide) groups is 1. The van der Waals surface area contributed by atoms with E-state index in [-0.39, 0.29) is 11.2 Å². The molecule has 25 heavy (non-hydrogen) atoms. The first-order valence-electron chi connectivity index (χ1n) is 8.60. The molecule has 0 aliphatic carbocycles. The summed E-state index contributed by atoms with van der Waals surface area (Å²) in [5.41, 5.74) is 0. The second kappa shape index (κ2) is 10.5. The third kappa shape index (κ3) is 6.41. The van der Waals surface area contributed by atoms with Crippen LogP contribution in [0.15, 0.2) is 23.1 Å². The van der Waals surface area contributed by atoms with Gasteiger partial charge >= 0.3 is 0 Å². The molecular weight excluding hydrogens is 340 g/mol. The van der Waals surface area contributed by atoms with Crippen molar-refractivity contribution in [3.05, 3.63) is 18.2 Å². The zero-order valence-corrected chi connectivity index (χ0v) is 16.1. The molecule has 1 aliphatic heterocycles. The highest BCUT2D eigenvalue weighted by Gasteiger charge is 2.16. The highest BCUT2D eigenvalue weighted by Crippen LogP contribution is 2.33. The van der Waals surface area contributed by atoms with Crippen molar-refractivity contribution < 1.29 is 19.0 Å². The lowest BCUT2D eigenvalue weighted by Gasteiger charge is -2.26. The molecule has 1 N–H and O–H groups in total. The van der Waals surface area contributed by atoms with Gasteiger partial charge in [0.25, 0.3) is 0 Å². The first kappa shape index (κ1) is 19.9. The van der Waals surface area contributed by atoms with Crippen molar-refractivity contribution >= 4 is 17.7 Å². The van der Waals surface area contributed by atoms with Crippen molar-refractivity contribution in [1.29, 1.82) is 0 Å². The predicted molar refractivity (Wildman–Crippen MR) is 99.8 cm³/mol. The van der Waals surface area contributed by atoms with Crippen LogP contribution in [0, 0.1) is 0 Å². The minimum Gasteiger partial charge on any atom is -0.493 e. The summed E-state index contributed by atoms with van der Waals surface area (Å²) in [6.07, 6.45) is 0.958. The van der Waals surface area contributed by atoms with Crippen LogP contribution in [0.5, 0.6) is 11.5 Å². The van der Waals surface area contributed by atoms with Crippen molar-refractivity contribution in [2.24, 2.45) is 0 Å². The van der Waals surface area contributed by atoms with Crippen molar-refractivity contribution in [3.63, 3.8) is 0 Å². The molecule has 0 spiro atoms. The topological polar surface area (TPSA) is 60.0 Å². The van der Waals surface area contributed by atoms with Gasteiger partial charge in [0.1, 0.15) is 0 Å². The number of carbonyl (C=O) groups is 1. The van der Waals surface area contributed by atoms with E-state index in [1.807, 2.05) is 25.1 Å². The summed E-state index contributed by atoms with van der Waals surface area (Å²) in [5, 5.41) is 2.85. The summed E-state index contributed by atoms with van der Waals surface area (Å²) in [6.45, 7) is 7.21. The third-order valence-electron chi connectivity index (χ3n) is 4.09. The van der Waals surface area contributed by atoms with Gasteiger partial charge in [-0.3, -0.25) is 9.69 Å². The van der Waals surface area contributed by atoms with Crippen LogP contribution in [0.2, 0.25) is 0 Å². The van der Waals surface area contributed by atoms with Crippen LogP contribution in [-0.4, -0.2) is 69.7 Å². The van der Waals surface area contributed by atoms with Crippen molar-refractivity contribution in [1.82, 2.24) is 10.2 Å². The standard InChI is InChI=1S/C18H28N2O4S/c1-14(25-15-5-6-16(22-2)17(13-15)23-3)18(21)19-7-4-8-20-9-11-24-12-10-20/h5-6,13-14H,4,7-12H2,1-3H3,(H,19,21)/t14-/m0/s1. The number of methoxy groups -OCH3 is 2. The molecule has 1 heterocycles. The van der Waals surface area contributed by atoms with Crippen molar-refractivity contribution in [2.45, 2.75) is 23.5 Å². The molecule has 7 heteroatoms. The van der Waals surface area contributed by atoms with E-state index in [4.69, 9.17) is 14.2 Å². The molecule has 0 unspecified atom stereocenters. The third-order valence-corrected chi connectivity index (χ3v) is 5.18. The molecule has 0 saturated carbocycles. The normalized spacial score (nSPS) is 16.3. The molecule has 1 atom stereocenters. The summed E-state index contributed by atoms with van der Waals surface area (Å²) < 4.78 is 15.9. The Morgan fingerprint density at radius 1 is 1.28 bits per heavy atom. The van der Waals surface area contributed by atoms with E-state index in [9.17, 15) is 4.79 Å². The van der Waals surface area contributed by atoms with Crippen molar-refractivity contribution in [2.75, 3.05) is 53.6 Å². The Balaban J connectivity index is 1.72. The van der Waals surface area contributed by atoms with Crippen LogP contribution in [-0.2, 0) is 9.53 Å². The van der Waals surface area contributed by atoms with Crippen LogP contribution in [0.3, 0.4) is 0 Å². The second-order valence-corrected chi connectivity index (χ2v) is 7.29. The molecule has 1 amide bonds. The average molecular weight is 368 g/mol. The lowest BCUT2D eigenvalue weighted by Crippen LogP contribution is -2.38. The van der Waals surface area contributed by atoms with E-state index in [0.29, 0.717) is 18.0 Å². The maximum atomic E-state index is 12.3. The van der Waals surface area contributed by atoms with E-state index in [1.165, 1.54) is 11.8 Å². The molecule has 0 radical (unpaired) electrons. The van der Waals surface area contributed by atoms with Gasteiger partial charge < -0.3 is 19.5 Å². The molecule has 1 fully saturated rings. The van der Waals surface area contributed by atoms with Gasteiger partial charge in [-0.1, -0.05) is 0 Å². The summed E-state index contributed by atoms with van der Waals surface area (Å²) >= 11 is 1.51. The van der Waals surface area contributed by atoms with Gasteiger partial charge in [0.15, 0.2) is 11.5 Å². The Morgan fingerprint density at radius 2 is 2.00 bits per heavy atom. The lowest BCUT2D eigenvalue weighted by molar-refractivity contribution is -0.120. The van der Waals surface area contributed by atoms with Crippen LogP contribution in [0.25, 0.3) is 0 Å². The van der Waals surface area contributed by atoms with Crippen LogP contribution in [0.1, 0.15) is 13.3 Å². The number of hydrogen-bond donors (Lipinski definition) is 1. The van der Waals surface area contributed by atoms with Crippen molar-refractivity contribution in [3.8, 4) is 11.5 Å². The molecule has 2 rings (SSSR count). The number of rotatable bonds is 9. The summed E-state index contributed by atoms with van der Waals surface area (Å²) in [4.78, 5) is 15.6. The number of nitrogens with one attached hydrogen (secondary N) is 1. The predicted octanol–water partition coefficient (Wildman–Crippen LogP) is 2.02. The van der Waals surface area contributed by atoms with Gasteiger partial charge in [-0.2, -0.15) is 0 Å². The van der Waals surface area contributed by atoms with Gasteiger partial charge in [0.05, 0.1) is 32.7 Å². The minimum absolute atomic E-state index is 0.0572. The Kier molecular flexibility index (Phi) is 8.37. The fraction of sp³-hybridized carbons (Fsp3) is 0.611. The number of morpholine rings is 1. The van der Waals surface area contributed by atoms with Gasteiger partial charge in [0, 0.05) is 24.5 Å². The van der Waals surface area contributed by atoms with E-state index < -0.39 is 0 Å². The average Bonchev–Trinajstić information content (AvgIpc) is 2.65. The molecule has 1 aromatic rings. The number of benzene rings is 1.